The second kappa shape index (κ2) is 10.9. The van der Waals surface area contributed by atoms with Crippen LogP contribution in [0.2, 0.25) is 0 Å². The monoisotopic (exact) mass is 516 g/mol. The smallest absolute Gasteiger partial charge is 0.0316 e. The summed E-state index contributed by atoms with van der Waals surface area (Å²) in [6, 6.07) is 31.6. The molecule has 1 fully saturated rings. The van der Waals surface area contributed by atoms with Crippen molar-refractivity contribution in [2.24, 2.45) is 5.92 Å². The Labute approximate surface area is 235 Å². The molecular weight excluding hydrogens is 472 g/mol. The van der Waals surface area contributed by atoms with Crippen molar-refractivity contribution >= 4 is 11.4 Å². The second-order valence-electron chi connectivity index (χ2n) is 12.2. The zero-order valence-electron chi connectivity index (χ0n) is 24.3. The molecule has 0 saturated heterocycles. The van der Waals surface area contributed by atoms with Crippen molar-refractivity contribution in [2.45, 2.75) is 77.6 Å². The Morgan fingerprint density at radius 2 is 1.00 bits per heavy atom. The topological polar surface area (TPSA) is 52.0 Å². The lowest BCUT2D eigenvalue weighted by Crippen LogP contribution is -2.32. The van der Waals surface area contributed by atoms with E-state index in [4.69, 9.17) is 11.5 Å². The van der Waals surface area contributed by atoms with Gasteiger partial charge in [0.05, 0.1) is 0 Å². The van der Waals surface area contributed by atoms with E-state index in [1.54, 1.807) is 0 Å². The highest BCUT2D eigenvalue weighted by Gasteiger charge is 2.37. The summed E-state index contributed by atoms with van der Waals surface area (Å²) in [7, 11) is 0. The van der Waals surface area contributed by atoms with E-state index in [9.17, 15) is 0 Å². The first kappa shape index (κ1) is 27.1. The summed E-state index contributed by atoms with van der Waals surface area (Å²) in [4.78, 5) is 0. The molecule has 4 aromatic rings. The Morgan fingerprint density at radius 3 is 1.36 bits per heavy atom. The molecule has 2 nitrogen and oxygen atoms in total. The molecule has 2 unspecified atom stereocenters. The molecule has 0 bridgehead atoms. The number of hydrogen-bond donors (Lipinski definition) is 2. The first-order valence-electron chi connectivity index (χ1n) is 14.6. The van der Waals surface area contributed by atoms with E-state index in [-0.39, 0.29) is 5.41 Å². The number of benzene rings is 4. The molecule has 1 aliphatic carbocycles. The van der Waals surface area contributed by atoms with Gasteiger partial charge in [-0.25, -0.2) is 0 Å². The quantitative estimate of drug-likeness (QED) is 0.251. The lowest BCUT2D eigenvalue weighted by molar-refractivity contribution is 0.280. The zero-order valence-corrected chi connectivity index (χ0v) is 24.3. The molecular formula is C37H44N2. The Hall–Kier alpha value is -3.52. The van der Waals surface area contributed by atoms with Crippen LogP contribution in [0.25, 0.3) is 0 Å². The summed E-state index contributed by atoms with van der Waals surface area (Å²) < 4.78 is 0. The van der Waals surface area contributed by atoms with E-state index in [1.807, 2.05) is 12.1 Å². The van der Waals surface area contributed by atoms with Gasteiger partial charge in [-0.2, -0.15) is 0 Å². The Bertz CT molecular complexity index is 1320. The molecule has 39 heavy (non-hydrogen) atoms. The molecule has 4 aromatic carbocycles. The second-order valence-corrected chi connectivity index (χ2v) is 12.2. The predicted molar refractivity (Wildman–Crippen MR) is 168 cm³/mol. The third-order valence-electron chi connectivity index (χ3n) is 9.58. The van der Waals surface area contributed by atoms with Crippen LogP contribution in [0.4, 0.5) is 11.4 Å². The molecule has 0 aromatic heterocycles. The molecule has 0 aliphatic heterocycles. The molecule has 0 heterocycles. The van der Waals surface area contributed by atoms with E-state index in [1.165, 1.54) is 70.2 Å². The average Bonchev–Trinajstić information content (AvgIpc) is 2.93. The number of aryl methyl sites for hydroxylation is 2. The van der Waals surface area contributed by atoms with Crippen LogP contribution in [0.3, 0.4) is 0 Å². The van der Waals surface area contributed by atoms with Crippen molar-refractivity contribution in [1.29, 1.82) is 0 Å². The predicted octanol–water partition coefficient (Wildman–Crippen LogP) is 9.27. The Balaban J connectivity index is 1.45. The average molecular weight is 517 g/mol. The van der Waals surface area contributed by atoms with Gasteiger partial charge >= 0.3 is 0 Å². The van der Waals surface area contributed by atoms with Crippen LogP contribution in [-0.4, -0.2) is 0 Å². The minimum atomic E-state index is 0.0737. The molecule has 0 amide bonds. The number of nitrogen functional groups attached to an aromatic ring is 2. The van der Waals surface area contributed by atoms with Crippen LogP contribution < -0.4 is 11.5 Å². The van der Waals surface area contributed by atoms with Gasteiger partial charge in [0.25, 0.3) is 0 Å². The third kappa shape index (κ3) is 5.35. The lowest BCUT2D eigenvalue weighted by Gasteiger charge is -2.41. The fourth-order valence-corrected chi connectivity index (χ4v) is 6.91. The van der Waals surface area contributed by atoms with Crippen LogP contribution in [0.15, 0.2) is 84.9 Å². The molecule has 1 saturated carbocycles. The lowest BCUT2D eigenvalue weighted by atomic mass is 9.63. The van der Waals surface area contributed by atoms with Gasteiger partial charge in [0.2, 0.25) is 0 Å². The van der Waals surface area contributed by atoms with Crippen LogP contribution in [0.5, 0.6) is 0 Å². The van der Waals surface area contributed by atoms with Crippen molar-refractivity contribution in [3.05, 3.63) is 129 Å². The molecule has 202 valence electrons. The van der Waals surface area contributed by atoms with E-state index in [0.717, 1.165) is 17.3 Å². The van der Waals surface area contributed by atoms with Crippen molar-refractivity contribution < 1.29 is 0 Å². The highest BCUT2D eigenvalue weighted by atomic mass is 14.5. The van der Waals surface area contributed by atoms with Crippen molar-refractivity contribution in [3.8, 4) is 0 Å². The molecule has 0 spiro atoms. The van der Waals surface area contributed by atoms with Gasteiger partial charge in [-0.3, -0.25) is 0 Å². The summed E-state index contributed by atoms with van der Waals surface area (Å²) in [6.07, 6.45) is 4.94. The minimum absolute atomic E-state index is 0.0737. The molecule has 5 rings (SSSR count). The van der Waals surface area contributed by atoms with E-state index in [0.29, 0.717) is 11.8 Å². The summed E-state index contributed by atoms with van der Waals surface area (Å²) in [5.74, 6) is 1.46. The SMILES string of the molecule is Cc1cc(N)ccc1C(C)c1ccc(C2(c3ccc(C(C)c4ccc(N)cc4C)cc3)CCC(C)CC2)cc1. The Morgan fingerprint density at radius 1 is 0.615 bits per heavy atom. The largest absolute Gasteiger partial charge is 0.399 e. The van der Waals surface area contributed by atoms with Gasteiger partial charge in [0.1, 0.15) is 0 Å². The third-order valence-corrected chi connectivity index (χ3v) is 9.58. The number of nitrogens with two attached hydrogens (primary N) is 2. The molecule has 2 heteroatoms. The summed E-state index contributed by atoms with van der Waals surface area (Å²) >= 11 is 0. The highest BCUT2D eigenvalue weighted by Crippen LogP contribution is 2.47. The van der Waals surface area contributed by atoms with Gasteiger partial charge in [-0.05, 0) is 114 Å². The fourth-order valence-electron chi connectivity index (χ4n) is 6.91. The minimum Gasteiger partial charge on any atom is -0.399 e. The fraction of sp³-hybridized carbons (Fsp3) is 0.351. The number of rotatable bonds is 6. The van der Waals surface area contributed by atoms with Crippen LogP contribution >= 0.6 is 0 Å². The molecule has 0 radical (unpaired) electrons. The molecule has 2 atom stereocenters. The normalized spacial score (nSPS) is 20.9. The first-order valence-corrected chi connectivity index (χ1v) is 14.6. The van der Waals surface area contributed by atoms with Gasteiger partial charge in [-0.1, -0.05) is 81.4 Å². The van der Waals surface area contributed by atoms with Gasteiger partial charge in [0, 0.05) is 28.6 Å². The van der Waals surface area contributed by atoms with Crippen LogP contribution in [0.1, 0.15) is 103 Å². The van der Waals surface area contributed by atoms with E-state index < -0.39 is 0 Å². The summed E-state index contributed by atoms with van der Waals surface area (Å²) in [5, 5.41) is 0. The molecule has 1 aliphatic rings. The van der Waals surface area contributed by atoms with Crippen LogP contribution in [0, 0.1) is 19.8 Å². The van der Waals surface area contributed by atoms with Crippen molar-refractivity contribution in [3.63, 3.8) is 0 Å². The maximum Gasteiger partial charge on any atom is 0.0316 e. The zero-order chi connectivity index (χ0) is 27.7. The van der Waals surface area contributed by atoms with Gasteiger partial charge < -0.3 is 11.5 Å². The maximum absolute atomic E-state index is 6.01. The maximum atomic E-state index is 6.01. The standard InChI is InChI=1S/C37H44N2/c1-24-18-20-37(21-19-24,31-10-6-29(7-11-31)27(4)35-16-14-33(38)22-25(35)2)32-12-8-30(9-13-32)28(5)36-17-15-34(39)23-26(36)3/h6-17,22-24,27-28H,18-21,38-39H2,1-5H3. The van der Waals surface area contributed by atoms with Crippen LogP contribution in [-0.2, 0) is 5.41 Å². The highest BCUT2D eigenvalue weighted by molar-refractivity contribution is 5.50. The van der Waals surface area contributed by atoms with Gasteiger partial charge in [0.15, 0.2) is 0 Å². The number of anilines is 2. The van der Waals surface area contributed by atoms with Crippen molar-refractivity contribution in [1.82, 2.24) is 0 Å². The number of hydrogen-bond acceptors (Lipinski definition) is 2. The Kier molecular flexibility index (Phi) is 7.58. The molecule has 4 N–H and O–H groups in total. The summed E-state index contributed by atoms with van der Waals surface area (Å²) in [5.41, 5.74) is 24.6. The summed E-state index contributed by atoms with van der Waals surface area (Å²) in [6.45, 7) is 11.3. The van der Waals surface area contributed by atoms with Crippen molar-refractivity contribution in [2.75, 3.05) is 11.5 Å². The van der Waals surface area contributed by atoms with Gasteiger partial charge in [-0.15, -0.1) is 0 Å². The van der Waals surface area contributed by atoms with E-state index >= 15 is 0 Å². The first-order chi connectivity index (χ1) is 18.7. The van der Waals surface area contributed by atoms with E-state index in [2.05, 4.69) is 107 Å².